The monoisotopic (exact) mass is 514 g/mol. The number of hydrogen-bond donors (Lipinski definition) is 0. The fourth-order valence-electron chi connectivity index (χ4n) is 4.51. The van der Waals surface area contributed by atoms with Gasteiger partial charge in [-0.05, 0) is 74.9 Å². The van der Waals surface area contributed by atoms with Gasteiger partial charge in [0.1, 0.15) is 11.5 Å². The standard InChI is InChI=1S/C32H36O2P2/c1-5-25-15-19-27(20-16-25)35(31-13-9-7-11-29(31)33-3)23-24-36(28-21-17-26(6-2)18-22-28)32-14-10-8-12-30(32)34-4/h7-22H,5-6,23-24H2,1-4H3. The molecule has 0 saturated carbocycles. The van der Waals surface area contributed by atoms with Gasteiger partial charge in [-0.1, -0.05) is 98.8 Å². The quantitative estimate of drug-likeness (QED) is 0.216. The Morgan fingerprint density at radius 3 is 1.19 bits per heavy atom. The third-order valence-electron chi connectivity index (χ3n) is 6.61. The van der Waals surface area contributed by atoms with Crippen molar-refractivity contribution < 1.29 is 9.47 Å². The zero-order chi connectivity index (χ0) is 25.3. The van der Waals surface area contributed by atoms with Crippen LogP contribution in [0, 0.1) is 0 Å². The Hall–Kier alpha value is -2.66. The SMILES string of the molecule is CCc1ccc(P(CCP(c2ccc(CC)cc2)c2ccccc2OC)c2ccccc2OC)cc1. The summed E-state index contributed by atoms with van der Waals surface area (Å²) in [5, 5.41) is 5.44. The lowest BCUT2D eigenvalue weighted by Crippen LogP contribution is -2.21. The van der Waals surface area contributed by atoms with E-state index in [1.807, 2.05) is 0 Å². The molecule has 0 aliphatic rings. The van der Waals surface area contributed by atoms with E-state index in [2.05, 4.69) is 111 Å². The van der Waals surface area contributed by atoms with Gasteiger partial charge in [-0.2, -0.15) is 0 Å². The van der Waals surface area contributed by atoms with Crippen LogP contribution in [0.3, 0.4) is 0 Å². The van der Waals surface area contributed by atoms with E-state index < -0.39 is 15.8 Å². The molecule has 2 atom stereocenters. The maximum absolute atomic E-state index is 5.83. The molecule has 4 aromatic carbocycles. The summed E-state index contributed by atoms with van der Waals surface area (Å²) in [6, 6.07) is 35.6. The van der Waals surface area contributed by atoms with Gasteiger partial charge in [0.15, 0.2) is 0 Å². The number of methoxy groups -OCH3 is 2. The smallest absolute Gasteiger partial charge is 0.126 e. The highest BCUT2D eigenvalue weighted by Crippen LogP contribution is 2.44. The van der Waals surface area contributed by atoms with Gasteiger partial charge >= 0.3 is 0 Å². The Bertz CT molecular complexity index is 1140. The lowest BCUT2D eigenvalue weighted by atomic mass is 10.2. The zero-order valence-corrected chi connectivity index (χ0v) is 23.6. The fourth-order valence-corrected chi connectivity index (χ4v) is 10.1. The third kappa shape index (κ3) is 6.18. The number of hydrogen-bond acceptors (Lipinski definition) is 2. The summed E-state index contributed by atoms with van der Waals surface area (Å²) in [6.45, 7) is 4.42. The van der Waals surface area contributed by atoms with Gasteiger partial charge in [0.05, 0.1) is 14.2 Å². The largest absolute Gasteiger partial charge is 0.496 e. The number of benzene rings is 4. The molecule has 4 aromatic rings. The molecule has 0 saturated heterocycles. The molecule has 0 radical (unpaired) electrons. The third-order valence-corrected chi connectivity index (χ3v) is 12.1. The molecular formula is C32H36O2P2. The van der Waals surface area contributed by atoms with Gasteiger partial charge in [0, 0.05) is 10.6 Å². The first-order valence-corrected chi connectivity index (χ1v) is 15.7. The molecule has 0 heterocycles. The molecule has 2 unspecified atom stereocenters. The predicted molar refractivity (Wildman–Crippen MR) is 160 cm³/mol. The Morgan fingerprint density at radius 1 is 0.500 bits per heavy atom. The lowest BCUT2D eigenvalue weighted by molar-refractivity contribution is 0.418. The van der Waals surface area contributed by atoms with Crippen molar-refractivity contribution in [2.24, 2.45) is 0 Å². The highest BCUT2D eigenvalue weighted by atomic mass is 31.1. The Balaban J connectivity index is 1.73. The minimum Gasteiger partial charge on any atom is -0.496 e. The second-order valence-electron chi connectivity index (χ2n) is 8.69. The molecule has 0 amide bonds. The van der Waals surface area contributed by atoms with Crippen LogP contribution in [0.15, 0.2) is 97.1 Å². The van der Waals surface area contributed by atoms with Crippen LogP contribution in [-0.4, -0.2) is 26.5 Å². The van der Waals surface area contributed by atoms with Crippen LogP contribution < -0.4 is 30.7 Å². The van der Waals surface area contributed by atoms with Gasteiger partial charge < -0.3 is 9.47 Å². The van der Waals surface area contributed by atoms with Crippen molar-refractivity contribution in [1.82, 2.24) is 0 Å². The van der Waals surface area contributed by atoms with Crippen molar-refractivity contribution in [2.75, 3.05) is 26.5 Å². The number of para-hydroxylation sites is 2. The molecule has 36 heavy (non-hydrogen) atoms. The summed E-state index contributed by atoms with van der Waals surface area (Å²) in [5.74, 6) is 1.97. The van der Waals surface area contributed by atoms with Crippen LogP contribution in [-0.2, 0) is 12.8 Å². The van der Waals surface area contributed by atoms with Crippen LogP contribution in [0.4, 0.5) is 0 Å². The average molecular weight is 515 g/mol. The molecule has 0 N–H and O–H groups in total. The summed E-state index contributed by atoms with van der Waals surface area (Å²) in [5.41, 5.74) is 2.75. The molecule has 0 aliphatic heterocycles. The summed E-state index contributed by atoms with van der Waals surface area (Å²) < 4.78 is 11.7. The van der Waals surface area contributed by atoms with Gasteiger partial charge in [-0.25, -0.2) is 0 Å². The van der Waals surface area contributed by atoms with Gasteiger partial charge in [0.2, 0.25) is 0 Å². The minimum atomic E-state index is -0.581. The number of rotatable bonds is 11. The first-order valence-electron chi connectivity index (χ1n) is 12.7. The van der Waals surface area contributed by atoms with E-state index in [9.17, 15) is 0 Å². The molecule has 186 valence electrons. The van der Waals surface area contributed by atoms with Crippen molar-refractivity contribution in [2.45, 2.75) is 26.7 Å². The second-order valence-corrected chi connectivity index (χ2v) is 13.3. The van der Waals surface area contributed by atoms with Crippen molar-refractivity contribution in [3.63, 3.8) is 0 Å². The molecule has 4 rings (SSSR count). The zero-order valence-electron chi connectivity index (χ0n) is 21.8. The molecule has 0 aliphatic carbocycles. The van der Waals surface area contributed by atoms with E-state index in [1.165, 1.54) is 32.3 Å². The van der Waals surface area contributed by atoms with Crippen molar-refractivity contribution in [3.8, 4) is 11.5 Å². The van der Waals surface area contributed by atoms with E-state index in [1.54, 1.807) is 14.2 Å². The summed E-state index contributed by atoms with van der Waals surface area (Å²) in [7, 11) is 2.40. The first-order chi connectivity index (χ1) is 17.7. The number of aryl methyl sites for hydroxylation is 2. The highest BCUT2D eigenvalue weighted by Gasteiger charge is 2.23. The van der Waals surface area contributed by atoms with E-state index in [0.29, 0.717) is 0 Å². The molecule has 0 spiro atoms. The van der Waals surface area contributed by atoms with E-state index in [4.69, 9.17) is 9.47 Å². The molecule has 0 fully saturated rings. The Labute approximate surface area is 219 Å². The molecule has 0 aromatic heterocycles. The lowest BCUT2D eigenvalue weighted by Gasteiger charge is -2.26. The van der Waals surface area contributed by atoms with Crippen LogP contribution in [0.2, 0.25) is 0 Å². The normalized spacial score (nSPS) is 12.7. The van der Waals surface area contributed by atoms with Crippen molar-refractivity contribution in [1.29, 1.82) is 0 Å². The maximum atomic E-state index is 5.83. The highest BCUT2D eigenvalue weighted by molar-refractivity contribution is 7.76. The van der Waals surface area contributed by atoms with Crippen LogP contribution >= 0.6 is 15.8 Å². The van der Waals surface area contributed by atoms with E-state index in [0.717, 1.165) is 36.7 Å². The first kappa shape index (κ1) is 26.4. The van der Waals surface area contributed by atoms with Gasteiger partial charge in [0.25, 0.3) is 0 Å². The Morgan fingerprint density at radius 2 is 0.861 bits per heavy atom. The average Bonchev–Trinajstić information content (AvgIpc) is 2.96. The summed E-state index contributed by atoms with van der Waals surface area (Å²) >= 11 is 0. The Kier molecular flexibility index (Phi) is 9.57. The summed E-state index contributed by atoms with van der Waals surface area (Å²) in [4.78, 5) is 0. The van der Waals surface area contributed by atoms with Crippen molar-refractivity contribution in [3.05, 3.63) is 108 Å². The second kappa shape index (κ2) is 13.0. The molecular weight excluding hydrogens is 478 g/mol. The topological polar surface area (TPSA) is 18.5 Å². The summed E-state index contributed by atoms with van der Waals surface area (Å²) in [6.07, 6.45) is 4.28. The molecule has 4 heteroatoms. The van der Waals surface area contributed by atoms with E-state index in [-0.39, 0.29) is 0 Å². The molecule has 2 nitrogen and oxygen atoms in total. The minimum absolute atomic E-state index is 0.581. The van der Waals surface area contributed by atoms with Gasteiger partial charge in [-0.15, -0.1) is 0 Å². The van der Waals surface area contributed by atoms with Crippen LogP contribution in [0.5, 0.6) is 11.5 Å². The maximum Gasteiger partial charge on any atom is 0.126 e. The van der Waals surface area contributed by atoms with Crippen molar-refractivity contribution >= 4 is 37.1 Å². The van der Waals surface area contributed by atoms with Crippen LogP contribution in [0.25, 0.3) is 0 Å². The van der Waals surface area contributed by atoms with Gasteiger partial charge in [-0.3, -0.25) is 0 Å². The van der Waals surface area contributed by atoms with Crippen LogP contribution in [0.1, 0.15) is 25.0 Å². The van der Waals surface area contributed by atoms with E-state index >= 15 is 0 Å². The fraction of sp³-hybridized carbons (Fsp3) is 0.250. The predicted octanol–water partition coefficient (Wildman–Crippen LogP) is 6.39. The molecule has 0 bridgehead atoms. The number of ether oxygens (including phenoxy) is 2.